The number of nitrogens with one attached hydrogen (secondary N) is 3. The summed E-state index contributed by atoms with van der Waals surface area (Å²) in [5.74, 6) is 0.444. The number of hydrogen-bond donors (Lipinski definition) is 3. The van der Waals surface area contributed by atoms with Crippen LogP contribution in [0.5, 0.6) is 0 Å². The van der Waals surface area contributed by atoms with Crippen LogP contribution in [0.3, 0.4) is 0 Å². The standard InChI is InChI=1S/C25H28N4O2S/c1-5-32(31)18-8-6-7-17(12-18)20-13-19(25(30)27-10-9-26-4)16(3)23-22(20)21-11-15(2)14-28-24(21)29-23/h6-8,11-14,26H,5,9-10H2,1-4H3,(H,27,30)(H,28,29). The lowest BCUT2D eigenvalue weighted by Crippen LogP contribution is -2.30. The van der Waals surface area contributed by atoms with Gasteiger partial charge in [-0.3, -0.25) is 9.00 Å². The summed E-state index contributed by atoms with van der Waals surface area (Å²) in [7, 11) is 0.796. The van der Waals surface area contributed by atoms with Crippen molar-refractivity contribution in [1.29, 1.82) is 0 Å². The first-order valence-corrected chi connectivity index (χ1v) is 12.1. The van der Waals surface area contributed by atoms with Gasteiger partial charge in [0, 0.05) is 46.3 Å². The molecule has 0 aliphatic rings. The largest absolute Gasteiger partial charge is 0.351 e. The molecule has 2 aromatic carbocycles. The average Bonchev–Trinajstić information content (AvgIpc) is 3.18. The van der Waals surface area contributed by atoms with Gasteiger partial charge in [-0.05, 0) is 67.4 Å². The van der Waals surface area contributed by atoms with Gasteiger partial charge in [-0.2, -0.15) is 0 Å². The van der Waals surface area contributed by atoms with Gasteiger partial charge in [0.1, 0.15) is 5.65 Å². The molecule has 0 fully saturated rings. The van der Waals surface area contributed by atoms with Crippen molar-refractivity contribution in [3.8, 4) is 11.1 Å². The van der Waals surface area contributed by atoms with Crippen LogP contribution in [0.1, 0.15) is 28.4 Å². The van der Waals surface area contributed by atoms with E-state index in [2.05, 4.69) is 26.7 Å². The Morgan fingerprint density at radius 1 is 1.16 bits per heavy atom. The highest BCUT2D eigenvalue weighted by atomic mass is 32.2. The average molecular weight is 449 g/mol. The lowest BCUT2D eigenvalue weighted by Gasteiger charge is -2.13. The van der Waals surface area contributed by atoms with Crippen LogP contribution >= 0.6 is 0 Å². The number of aryl methyl sites for hydroxylation is 2. The molecule has 7 heteroatoms. The number of pyridine rings is 1. The molecule has 0 bridgehead atoms. The molecule has 0 saturated carbocycles. The minimum absolute atomic E-state index is 0.114. The number of aromatic amines is 1. The molecule has 0 aliphatic heterocycles. The highest BCUT2D eigenvalue weighted by Crippen LogP contribution is 2.38. The van der Waals surface area contributed by atoms with Crippen LogP contribution in [0.4, 0.5) is 0 Å². The van der Waals surface area contributed by atoms with Crippen molar-refractivity contribution >= 4 is 38.6 Å². The third kappa shape index (κ3) is 4.06. The number of carbonyl (C=O) groups is 1. The van der Waals surface area contributed by atoms with E-state index in [1.165, 1.54) is 0 Å². The molecule has 0 radical (unpaired) electrons. The van der Waals surface area contributed by atoms with E-state index in [1.54, 1.807) is 0 Å². The van der Waals surface area contributed by atoms with Crippen LogP contribution in [0.25, 0.3) is 33.1 Å². The van der Waals surface area contributed by atoms with Crippen molar-refractivity contribution in [1.82, 2.24) is 20.6 Å². The summed E-state index contributed by atoms with van der Waals surface area (Å²) in [5, 5.41) is 8.07. The lowest BCUT2D eigenvalue weighted by molar-refractivity contribution is 0.0953. The molecule has 6 nitrogen and oxygen atoms in total. The highest BCUT2D eigenvalue weighted by molar-refractivity contribution is 7.85. The second-order valence-electron chi connectivity index (χ2n) is 7.90. The SMILES string of the molecule is CCS(=O)c1cccc(-c2cc(C(=O)NCCNC)c(C)c3[nH]c4ncc(C)cc4c23)c1. The van der Waals surface area contributed by atoms with E-state index in [4.69, 9.17) is 0 Å². The summed E-state index contributed by atoms with van der Waals surface area (Å²) in [5.41, 5.74) is 6.12. The van der Waals surface area contributed by atoms with Crippen LogP contribution in [-0.4, -0.2) is 46.0 Å². The fourth-order valence-corrected chi connectivity index (χ4v) is 4.85. The van der Waals surface area contributed by atoms with E-state index in [0.29, 0.717) is 24.4 Å². The number of likely N-dealkylation sites (N-methyl/N-ethyl adjacent to an activating group) is 1. The molecule has 0 saturated heterocycles. The van der Waals surface area contributed by atoms with Crippen LogP contribution in [0, 0.1) is 13.8 Å². The molecule has 32 heavy (non-hydrogen) atoms. The summed E-state index contributed by atoms with van der Waals surface area (Å²) in [4.78, 5) is 21.8. The number of hydrogen-bond acceptors (Lipinski definition) is 4. The van der Waals surface area contributed by atoms with Gasteiger partial charge in [0.15, 0.2) is 0 Å². The Morgan fingerprint density at radius 3 is 2.72 bits per heavy atom. The maximum atomic E-state index is 13.0. The number of benzene rings is 2. The molecule has 166 valence electrons. The minimum atomic E-state index is -1.06. The number of H-pyrrole nitrogens is 1. The van der Waals surface area contributed by atoms with Crippen molar-refractivity contribution < 1.29 is 9.00 Å². The zero-order valence-corrected chi connectivity index (χ0v) is 19.7. The molecule has 0 spiro atoms. The lowest BCUT2D eigenvalue weighted by atomic mass is 9.93. The Bertz CT molecular complexity index is 1340. The van der Waals surface area contributed by atoms with Gasteiger partial charge in [-0.25, -0.2) is 4.98 Å². The van der Waals surface area contributed by atoms with Crippen LogP contribution in [0.2, 0.25) is 0 Å². The van der Waals surface area contributed by atoms with Gasteiger partial charge in [-0.1, -0.05) is 19.1 Å². The fraction of sp³-hybridized carbons (Fsp3) is 0.280. The van der Waals surface area contributed by atoms with Gasteiger partial charge in [0.2, 0.25) is 0 Å². The number of carbonyl (C=O) groups excluding carboxylic acids is 1. The van der Waals surface area contributed by atoms with E-state index in [-0.39, 0.29) is 5.91 Å². The smallest absolute Gasteiger partial charge is 0.251 e. The first-order valence-electron chi connectivity index (χ1n) is 10.8. The second kappa shape index (κ2) is 9.22. The van der Waals surface area contributed by atoms with Crippen molar-refractivity contribution in [2.75, 3.05) is 25.9 Å². The zero-order valence-electron chi connectivity index (χ0n) is 18.8. The van der Waals surface area contributed by atoms with Gasteiger partial charge >= 0.3 is 0 Å². The third-order valence-corrected chi connectivity index (χ3v) is 7.00. The van der Waals surface area contributed by atoms with Gasteiger partial charge < -0.3 is 15.6 Å². The Labute approximate surface area is 190 Å². The molecule has 4 aromatic rings. The van der Waals surface area contributed by atoms with Crippen LogP contribution in [-0.2, 0) is 10.8 Å². The third-order valence-electron chi connectivity index (χ3n) is 5.70. The topological polar surface area (TPSA) is 86.9 Å². The summed E-state index contributed by atoms with van der Waals surface area (Å²) >= 11 is 0. The van der Waals surface area contributed by atoms with Crippen molar-refractivity contribution in [2.45, 2.75) is 25.7 Å². The molecular formula is C25H28N4O2S. The monoisotopic (exact) mass is 448 g/mol. The minimum Gasteiger partial charge on any atom is -0.351 e. The summed E-state index contributed by atoms with van der Waals surface area (Å²) < 4.78 is 12.5. The van der Waals surface area contributed by atoms with Crippen molar-refractivity contribution in [2.24, 2.45) is 0 Å². The molecule has 3 N–H and O–H groups in total. The predicted octanol–water partition coefficient (Wildman–Crippen LogP) is 4.08. The molecule has 2 heterocycles. The number of amides is 1. The number of aromatic nitrogens is 2. The molecule has 1 unspecified atom stereocenters. The van der Waals surface area contributed by atoms with Gasteiger partial charge in [0.25, 0.3) is 5.91 Å². The van der Waals surface area contributed by atoms with E-state index in [0.717, 1.165) is 49.1 Å². The number of fused-ring (bicyclic) bond motifs is 3. The maximum Gasteiger partial charge on any atom is 0.251 e. The molecule has 2 aromatic heterocycles. The Hall–Kier alpha value is -3.03. The van der Waals surface area contributed by atoms with E-state index < -0.39 is 10.8 Å². The summed E-state index contributed by atoms with van der Waals surface area (Å²) in [6.07, 6.45) is 1.84. The normalized spacial score (nSPS) is 12.4. The molecule has 4 rings (SSSR count). The molecule has 0 aliphatic carbocycles. The molecule has 1 amide bonds. The quantitative estimate of drug-likeness (QED) is 0.372. The van der Waals surface area contributed by atoms with Crippen molar-refractivity contribution in [3.05, 3.63) is 59.3 Å². The summed E-state index contributed by atoms with van der Waals surface area (Å²) in [6.45, 7) is 7.13. The molecular weight excluding hydrogens is 420 g/mol. The number of nitrogens with zero attached hydrogens (tertiary/aromatic N) is 1. The highest BCUT2D eigenvalue weighted by Gasteiger charge is 2.20. The van der Waals surface area contributed by atoms with E-state index >= 15 is 0 Å². The predicted molar refractivity (Wildman–Crippen MR) is 132 cm³/mol. The van der Waals surface area contributed by atoms with Crippen LogP contribution in [0.15, 0.2) is 47.5 Å². The summed E-state index contributed by atoms with van der Waals surface area (Å²) in [6, 6.07) is 11.9. The molecule has 1 atom stereocenters. The van der Waals surface area contributed by atoms with Crippen molar-refractivity contribution in [3.63, 3.8) is 0 Å². The Balaban J connectivity index is 2.00. The van der Waals surface area contributed by atoms with Gasteiger partial charge in [0.05, 0.1) is 16.3 Å². The maximum absolute atomic E-state index is 13.0. The Kier molecular flexibility index (Phi) is 6.39. The fourth-order valence-electron chi connectivity index (χ4n) is 4.03. The first kappa shape index (κ1) is 22.2. The van der Waals surface area contributed by atoms with E-state index in [9.17, 15) is 9.00 Å². The Morgan fingerprint density at radius 2 is 1.97 bits per heavy atom. The van der Waals surface area contributed by atoms with E-state index in [1.807, 2.05) is 64.3 Å². The van der Waals surface area contributed by atoms with Crippen LogP contribution < -0.4 is 10.6 Å². The number of rotatable bonds is 7. The second-order valence-corrected chi connectivity index (χ2v) is 9.64. The first-order chi connectivity index (χ1) is 15.4. The van der Waals surface area contributed by atoms with Gasteiger partial charge in [-0.15, -0.1) is 0 Å². The zero-order chi connectivity index (χ0) is 22.8.